The maximum Gasteiger partial charge on any atom is 0.219 e. The Balaban J connectivity index is 1.65. The average Bonchev–Trinajstić information content (AvgIpc) is 2.95. The topological polar surface area (TPSA) is 63.1 Å². The molecule has 0 atom stereocenters. The highest BCUT2D eigenvalue weighted by atomic mass is 16.2. The van der Waals surface area contributed by atoms with Crippen LogP contribution in [0, 0.1) is 0 Å². The molecule has 3 rings (SSSR count). The van der Waals surface area contributed by atoms with E-state index in [1.54, 1.807) is 17.9 Å². The van der Waals surface area contributed by atoms with E-state index in [0.29, 0.717) is 6.04 Å². The molecule has 6 nitrogen and oxygen atoms in total. The summed E-state index contributed by atoms with van der Waals surface area (Å²) in [7, 11) is 1.86. The van der Waals surface area contributed by atoms with Crippen molar-refractivity contribution >= 4 is 11.6 Å². The summed E-state index contributed by atoms with van der Waals surface area (Å²) in [5, 5.41) is 7.89. The molecule has 2 aromatic rings. The fraction of sp³-hybridized carbons (Fsp3) is 0.438. The Hall–Kier alpha value is -2.37. The van der Waals surface area contributed by atoms with Gasteiger partial charge in [-0.25, -0.2) is 4.98 Å². The van der Waals surface area contributed by atoms with Crippen LogP contribution in [0.2, 0.25) is 0 Å². The minimum Gasteiger partial charge on any atom is -0.382 e. The summed E-state index contributed by atoms with van der Waals surface area (Å²) in [4.78, 5) is 17.5. The molecule has 0 spiro atoms. The van der Waals surface area contributed by atoms with Crippen LogP contribution in [0.4, 0.5) is 5.69 Å². The third kappa shape index (κ3) is 3.27. The lowest BCUT2D eigenvalue weighted by molar-refractivity contribution is -0.129. The molecule has 1 aromatic carbocycles. The molecule has 6 heteroatoms. The van der Waals surface area contributed by atoms with Gasteiger partial charge < -0.3 is 10.2 Å². The lowest BCUT2D eigenvalue weighted by Gasteiger charge is -2.32. The van der Waals surface area contributed by atoms with Gasteiger partial charge in [0.05, 0.1) is 0 Å². The summed E-state index contributed by atoms with van der Waals surface area (Å²) in [6, 6.07) is 8.57. The molecular formula is C16H21N5O. The zero-order valence-electron chi connectivity index (χ0n) is 13.0. The predicted octanol–water partition coefficient (Wildman–Crippen LogP) is 1.90. The summed E-state index contributed by atoms with van der Waals surface area (Å²) >= 11 is 0. The smallest absolute Gasteiger partial charge is 0.219 e. The first-order valence-electron chi connectivity index (χ1n) is 7.60. The van der Waals surface area contributed by atoms with Gasteiger partial charge in [-0.2, -0.15) is 5.10 Å². The normalized spacial score (nSPS) is 15.8. The van der Waals surface area contributed by atoms with Gasteiger partial charge in [-0.15, -0.1) is 0 Å². The molecule has 116 valence electrons. The first-order chi connectivity index (χ1) is 10.6. The van der Waals surface area contributed by atoms with Crippen molar-refractivity contribution in [2.45, 2.75) is 25.8 Å². The van der Waals surface area contributed by atoms with E-state index in [2.05, 4.69) is 27.5 Å². The van der Waals surface area contributed by atoms with Crippen LogP contribution >= 0.6 is 0 Å². The van der Waals surface area contributed by atoms with Gasteiger partial charge in [-0.1, -0.05) is 12.1 Å². The van der Waals surface area contributed by atoms with Crippen molar-refractivity contribution in [2.75, 3.05) is 18.4 Å². The zero-order valence-corrected chi connectivity index (χ0v) is 13.0. The number of piperidine rings is 1. The molecule has 1 N–H and O–H groups in total. The largest absolute Gasteiger partial charge is 0.382 e. The second kappa shape index (κ2) is 6.17. The van der Waals surface area contributed by atoms with Crippen molar-refractivity contribution in [2.24, 2.45) is 7.05 Å². The van der Waals surface area contributed by atoms with E-state index < -0.39 is 0 Å². The van der Waals surface area contributed by atoms with Crippen molar-refractivity contribution in [3.8, 4) is 11.4 Å². The molecule has 1 aliphatic heterocycles. The van der Waals surface area contributed by atoms with Crippen LogP contribution < -0.4 is 5.32 Å². The third-order valence-corrected chi connectivity index (χ3v) is 4.03. The first kappa shape index (κ1) is 14.6. The highest BCUT2D eigenvalue weighted by Crippen LogP contribution is 2.22. The van der Waals surface area contributed by atoms with E-state index in [9.17, 15) is 4.79 Å². The number of likely N-dealkylation sites (tertiary alicyclic amines) is 1. The van der Waals surface area contributed by atoms with Gasteiger partial charge >= 0.3 is 0 Å². The Morgan fingerprint density at radius 1 is 1.32 bits per heavy atom. The molecule has 0 aliphatic carbocycles. The van der Waals surface area contributed by atoms with E-state index in [1.807, 2.05) is 24.1 Å². The number of aromatic nitrogens is 3. The molecule has 0 bridgehead atoms. The lowest BCUT2D eigenvalue weighted by atomic mass is 10.0. The van der Waals surface area contributed by atoms with E-state index in [-0.39, 0.29) is 5.91 Å². The molecule has 1 fully saturated rings. The van der Waals surface area contributed by atoms with E-state index in [1.165, 1.54) is 0 Å². The fourth-order valence-corrected chi connectivity index (χ4v) is 2.79. The Morgan fingerprint density at radius 3 is 2.73 bits per heavy atom. The maximum atomic E-state index is 11.4. The quantitative estimate of drug-likeness (QED) is 0.940. The van der Waals surface area contributed by atoms with E-state index >= 15 is 0 Å². The first-order valence-corrected chi connectivity index (χ1v) is 7.60. The van der Waals surface area contributed by atoms with Crippen LogP contribution in [0.15, 0.2) is 30.6 Å². The SMILES string of the molecule is CC(=O)N1CCC(Nc2cccc(-c3ncn(C)n3)c2)CC1. The van der Waals surface area contributed by atoms with Gasteiger partial charge in [0, 0.05) is 44.4 Å². The zero-order chi connectivity index (χ0) is 15.5. The molecule has 2 heterocycles. The molecule has 0 saturated carbocycles. The second-order valence-electron chi connectivity index (χ2n) is 5.75. The van der Waals surface area contributed by atoms with Crippen LogP contribution in [-0.2, 0) is 11.8 Å². The molecule has 1 saturated heterocycles. The van der Waals surface area contributed by atoms with Gasteiger partial charge in [0.1, 0.15) is 6.33 Å². The van der Waals surface area contributed by atoms with Crippen molar-refractivity contribution in [1.29, 1.82) is 0 Å². The van der Waals surface area contributed by atoms with Gasteiger partial charge in [0.25, 0.3) is 0 Å². The number of hydrogen-bond acceptors (Lipinski definition) is 4. The number of nitrogens with zero attached hydrogens (tertiary/aromatic N) is 4. The van der Waals surface area contributed by atoms with Crippen molar-refractivity contribution < 1.29 is 4.79 Å². The second-order valence-corrected chi connectivity index (χ2v) is 5.75. The summed E-state index contributed by atoms with van der Waals surface area (Å²) < 4.78 is 1.70. The van der Waals surface area contributed by atoms with Crippen LogP contribution in [0.5, 0.6) is 0 Å². The number of benzene rings is 1. The van der Waals surface area contributed by atoms with Crippen LogP contribution in [0.25, 0.3) is 11.4 Å². The number of aryl methyl sites for hydroxylation is 1. The summed E-state index contributed by atoms with van der Waals surface area (Å²) in [5.41, 5.74) is 2.08. The summed E-state index contributed by atoms with van der Waals surface area (Å²) in [6.45, 7) is 3.29. The van der Waals surface area contributed by atoms with Gasteiger partial charge in [0.2, 0.25) is 5.91 Å². The summed E-state index contributed by atoms with van der Waals surface area (Å²) in [6.07, 6.45) is 3.66. The Kier molecular flexibility index (Phi) is 4.09. The number of nitrogens with one attached hydrogen (secondary N) is 1. The van der Waals surface area contributed by atoms with E-state index in [0.717, 1.165) is 43.0 Å². The fourth-order valence-electron chi connectivity index (χ4n) is 2.79. The summed E-state index contributed by atoms with van der Waals surface area (Å²) in [5.74, 6) is 0.902. The highest BCUT2D eigenvalue weighted by Gasteiger charge is 2.20. The number of carbonyl (C=O) groups is 1. The van der Waals surface area contributed by atoms with Crippen molar-refractivity contribution in [3.63, 3.8) is 0 Å². The number of carbonyl (C=O) groups excluding carboxylic acids is 1. The average molecular weight is 299 g/mol. The number of amides is 1. The molecular weight excluding hydrogens is 278 g/mol. The third-order valence-electron chi connectivity index (χ3n) is 4.03. The molecule has 1 aliphatic rings. The van der Waals surface area contributed by atoms with Gasteiger partial charge in [-0.3, -0.25) is 9.48 Å². The predicted molar refractivity (Wildman–Crippen MR) is 85.3 cm³/mol. The molecule has 1 amide bonds. The molecule has 0 radical (unpaired) electrons. The standard InChI is InChI=1S/C16H21N5O/c1-12(22)21-8-6-14(7-9-21)18-15-5-3-4-13(10-15)16-17-11-20(2)19-16/h3-5,10-11,14,18H,6-9H2,1-2H3. The van der Waals surface area contributed by atoms with Gasteiger partial charge in [-0.05, 0) is 25.0 Å². The molecule has 1 aromatic heterocycles. The van der Waals surface area contributed by atoms with Crippen LogP contribution in [-0.4, -0.2) is 44.7 Å². The number of hydrogen-bond donors (Lipinski definition) is 1. The molecule has 0 unspecified atom stereocenters. The highest BCUT2D eigenvalue weighted by molar-refractivity contribution is 5.73. The number of rotatable bonds is 3. The van der Waals surface area contributed by atoms with Crippen molar-refractivity contribution in [3.05, 3.63) is 30.6 Å². The minimum atomic E-state index is 0.168. The monoisotopic (exact) mass is 299 g/mol. The maximum absolute atomic E-state index is 11.4. The Morgan fingerprint density at radius 2 is 2.09 bits per heavy atom. The lowest BCUT2D eigenvalue weighted by Crippen LogP contribution is -2.41. The number of anilines is 1. The van der Waals surface area contributed by atoms with Crippen molar-refractivity contribution in [1.82, 2.24) is 19.7 Å². The molecule has 22 heavy (non-hydrogen) atoms. The van der Waals surface area contributed by atoms with Crippen LogP contribution in [0.3, 0.4) is 0 Å². The Labute approximate surface area is 130 Å². The van der Waals surface area contributed by atoms with Gasteiger partial charge in [0.15, 0.2) is 5.82 Å². The minimum absolute atomic E-state index is 0.168. The van der Waals surface area contributed by atoms with E-state index in [4.69, 9.17) is 0 Å². The Bertz CT molecular complexity index is 658. The van der Waals surface area contributed by atoms with Crippen LogP contribution in [0.1, 0.15) is 19.8 Å².